The fraction of sp³-hybridized carbons (Fsp3) is 0.333. The number of halogens is 1. The van der Waals surface area contributed by atoms with Gasteiger partial charge in [0, 0.05) is 19.0 Å². The van der Waals surface area contributed by atoms with Gasteiger partial charge in [0.05, 0.1) is 11.4 Å². The maximum atomic E-state index is 13.6. The first-order valence-electron chi connectivity index (χ1n) is 5.99. The molecule has 21 heavy (non-hydrogen) atoms. The highest BCUT2D eigenvalue weighted by Gasteiger charge is 2.14. The normalized spacial score (nSPS) is 11.0. The number of hydrogen-bond acceptors (Lipinski definition) is 4. The van der Waals surface area contributed by atoms with Crippen molar-refractivity contribution in [1.29, 1.82) is 0 Å². The van der Waals surface area contributed by atoms with Crippen LogP contribution in [-0.4, -0.2) is 31.2 Å². The van der Waals surface area contributed by atoms with Gasteiger partial charge in [0.15, 0.2) is 0 Å². The Bertz CT molecular complexity index is 645. The van der Waals surface area contributed by atoms with Crippen LogP contribution < -0.4 is 10.0 Å². The van der Waals surface area contributed by atoms with Gasteiger partial charge in [0.25, 0.3) is 0 Å². The van der Waals surface area contributed by atoms with E-state index in [0.29, 0.717) is 0 Å². The van der Waals surface area contributed by atoms with E-state index in [1.807, 2.05) is 4.72 Å². The molecule has 7 nitrogen and oxygen atoms in total. The topological polar surface area (TPSA) is 113 Å². The van der Waals surface area contributed by atoms with Gasteiger partial charge in [-0.3, -0.25) is 14.3 Å². The number of benzene rings is 1. The quantitative estimate of drug-likeness (QED) is 0.703. The van der Waals surface area contributed by atoms with Crippen LogP contribution in [0.25, 0.3) is 0 Å². The molecule has 1 amide bonds. The Labute approximate surface area is 121 Å². The average Bonchev–Trinajstić information content (AvgIpc) is 2.31. The third-order valence-electron chi connectivity index (χ3n) is 2.36. The smallest absolute Gasteiger partial charge is 0.303 e. The number of hydrogen-bond donors (Lipinski definition) is 3. The van der Waals surface area contributed by atoms with Gasteiger partial charge < -0.3 is 10.4 Å². The molecular weight excluding hydrogens is 303 g/mol. The summed E-state index contributed by atoms with van der Waals surface area (Å²) in [6.07, 6.45) is -0.382. The largest absolute Gasteiger partial charge is 0.481 e. The number of anilines is 2. The van der Waals surface area contributed by atoms with E-state index in [-0.39, 0.29) is 30.1 Å². The lowest BCUT2D eigenvalue weighted by Crippen LogP contribution is -2.18. The lowest BCUT2D eigenvalue weighted by molar-refractivity contribution is -0.137. The molecule has 0 saturated carbocycles. The zero-order valence-electron chi connectivity index (χ0n) is 11.2. The Morgan fingerprint density at radius 1 is 1.33 bits per heavy atom. The minimum absolute atomic E-state index is 0.0856. The molecule has 0 unspecified atom stereocenters. The van der Waals surface area contributed by atoms with Crippen LogP contribution in [0.3, 0.4) is 0 Å². The van der Waals surface area contributed by atoms with Crippen LogP contribution in [0.4, 0.5) is 15.8 Å². The predicted molar refractivity (Wildman–Crippen MR) is 75.0 cm³/mol. The minimum Gasteiger partial charge on any atom is -0.481 e. The van der Waals surface area contributed by atoms with Gasteiger partial charge in [-0.05, 0) is 24.6 Å². The fourth-order valence-electron chi connectivity index (χ4n) is 1.52. The van der Waals surface area contributed by atoms with E-state index in [4.69, 9.17) is 5.11 Å². The van der Waals surface area contributed by atoms with Crippen molar-refractivity contribution in [2.75, 3.05) is 15.8 Å². The van der Waals surface area contributed by atoms with Crippen LogP contribution in [-0.2, 0) is 19.6 Å². The highest BCUT2D eigenvalue weighted by atomic mass is 32.2. The summed E-state index contributed by atoms with van der Waals surface area (Å²) < 4.78 is 39.0. The highest BCUT2D eigenvalue weighted by Crippen LogP contribution is 2.21. The average molecular weight is 318 g/mol. The van der Waals surface area contributed by atoms with Gasteiger partial charge in [-0.1, -0.05) is 0 Å². The number of nitrogens with one attached hydrogen (secondary N) is 2. The number of amides is 1. The van der Waals surface area contributed by atoms with Crippen molar-refractivity contribution in [3.63, 3.8) is 0 Å². The Hall–Kier alpha value is -2.16. The molecule has 1 aromatic carbocycles. The van der Waals surface area contributed by atoms with Crippen molar-refractivity contribution in [2.24, 2.45) is 0 Å². The summed E-state index contributed by atoms with van der Waals surface area (Å²) in [5.41, 5.74) is -0.0660. The first-order valence-corrected chi connectivity index (χ1v) is 7.64. The van der Waals surface area contributed by atoms with Gasteiger partial charge in [-0.2, -0.15) is 0 Å². The van der Waals surface area contributed by atoms with Crippen molar-refractivity contribution in [3.05, 3.63) is 24.0 Å². The van der Waals surface area contributed by atoms with Crippen LogP contribution in [0.15, 0.2) is 18.2 Å². The number of sulfonamides is 1. The SMILES string of the molecule is CC(=O)Nc1ccc(F)c(NS(=O)(=O)CCCC(=O)O)c1. The van der Waals surface area contributed by atoms with E-state index in [1.165, 1.54) is 13.0 Å². The van der Waals surface area contributed by atoms with Gasteiger partial charge in [0.1, 0.15) is 5.82 Å². The zero-order valence-corrected chi connectivity index (χ0v) is 12.0. The summed E-state index contributed by atoms with van der Waals surface area (Å²) in [4.78, 5) is 21.2. The third-order valence-corrected chi connectivity index (χ3v) is 3.71. The minimum atomic E-state index is -3.86. The number of carbonyl (C=O) groups excluding carboxylic acids is 1. The molecule has 0 bridgehead atoms. The maximum absolute atomic E-state index is 13.6. The summed E-state index contributed by atoms with van der Waals surface area (Å²) in [5, 5.41) is 10.8. The van der Waals surface area contributed by atoms with Gasteiger partial charge in [-0.15, -0.1) is 0 Å². The van der Waals surface area contributed by atoms with Crippen LogP contribution in [0.1, 0.15) is 19.8 Å². The molecule has 0 fully saturated rings. The Morgan fingerprint density at radius 2 is 2.00 bits per heavy atom. The summed E-state index contributed by atoms with van der Waals surface area (Å²) in [5.74, 6) is -2.73. The number of aliphatic carboxylic acids is 1. The maximum Gasteiger partial charge on any atom is 0.303 e. The molecule has 0 atom stereocenters. The van der Waals surface area contributed by atoms with E-state index in [9.17, 15) is 22.4 Å². The molecule has 0 spiro atoms. The van der Waals surface area contributed by atoms with E-state index >= 15 is 0 Å². The first kappa shape index (κ1) is 16.9. The number of carboxylic acids is 1. The van der Waals surface area contributed by atoms with Gasteiger partial charge in [-0.25, -0.2) is 12.8 Å². The van der Waals surface area contributed by atoms with Gasteiger partial charge in [0.2, 0.25) is 15.9 Å². The molecule has 9 heteroatoms. The Kier molecular flexibility index (Phi) is 5.65. The lowest BCUT2D eigenvalue weighted by Gasteiger charge is -2.10. The van der Waals surface area contributed by atoms with E-state index in [1.54, 1.807) is 0 Å². The molecule has 0 radical (unpaired) electrons. The van der Waals surface area contributed by atoms with Crippen LogP contribution >= 0.6 is 0 Å². The van der Waals surface area contributed by atoms with Crippen LogP contribution in [0.5, 0.6) is 0 Å². The number of carbonyl (C=O) groups is 2. The van der Waals surface area contributed by atoms with E-state index in [2.05, 4.69) is 5.32 Å². The molecule has 0 aliphatic heterocycles. The second-order valence-electron chi connectivity index (χ2n) is 4.29. The van der Waals surface area contributed by atoms with Crippen molar-refractivity contribution in [3.8, 4) is 0 Å². The second kappa shape index (κ2) is 7.02. The van der Waals surface area contributed by atoms with Crippen molar-refractivity contribution in [2.45, 2.75) is 19.8 Å². The molecule has 0 aliphatic rings. The second-order valence-corrected chi connectivity index (χ2v) is 6.14. The third kappa shape index (κ3) is 6.21. The van der Waals surface area contributed by atoms with Crippen molar-refractivity contribution >= 4 is 33.3 Å². The molecule has 1 aromatic rings. The van der Waals surface area contributed by atoms with E-state index < -0.39 is 27.6 Å². The Balaban J connectivity index is 2.80. The first-order chi connectivity index (χ1) is 9.69. The van der Waals surface area contributed by atoms with Crippen molar-refractivity contribution < 1.29 is 27.5 Å². The molecule has 0 aromatic heterocycles. The molecular formula is C12H15FN2O5S. The fourth-order valence-corrected chi connectivity index (χ4v) is 2.63. The molecule has 116 valence electrons. The lowest BCUT2D eigenvalue weighted by atomic mass is 10.2. The van der Waals surface area contributed by atoms with E-state index in [0.717, 1.165) is 12.1 Å². The molecule has 0 saturated heterocycles. The predicted octanol–water partition coefficient (Wildman–Crippen LogP) is 1.39. The monoisotopic (exact) mass is 318 g/mol. The summed E-state index contributed by atoms with van der Waals surface area (Å²) in [6, 6.07) is 3.45. The molecule has 1 rings (SSSR count). The summed E-state index contributed by atoms with van der Waals surface area (Å²) in [7, 11) is -3.86. The summed E-state index contributed by atoms with van der Waals surface area (Å²) >= 11 is 0. The van der Waals surface area contributed by atoms with Gasteiger partial charge >= 0.3 is 5.97 Å². The van der Waals surface area contributed by atoms with Crippen LogP contribution in [0.2, 0.25) is 0 Å². The molecule has 0 aliphatic carbocycles. The number of carboxylic acid groups (broad SMARTS) is 1. The zero-order chi connectivity index (χ0) is 16.0. The Morgan fingerprint density at radius 3 is 2.57 bits per heavy atom. The highest BCUT2D eigenvalue weighted by molar-refractivity contribution is 7.92. The number of rotatable bonds is 7. The molecule has 3 N–H and O–H groups in total. The summed E-state index contributed by atoms with van der Waals surface area (Å²) in [6.45, 7) is 1.26. The van der Waals surface area contributed by atoms with Crippen molar-refractivity contribution in [1.82, 2.24) is 0 Å². The molecule has 0 heterocycles. The van der Waals surface area contributed by atoms with Crippen LogP contribution in [0, 0.1) is 5.82 Å². The standard InChI is InChI=1S/C12H15FN2O5S/c1-8(16)14-9-4-5-10(13)11(7-9)15-21(19,20)6-2-3-12(17)18/h4-5,7,15H,2-3,6H2,1H3,(H,14,16)(H,17,18).